The molecule has 0 aromatic rings. The molecule has 0 radical (unpaired) electrons. The van der Waals surface area contributed by atoms with Crippen LogP contribution in [0.3, 0.4) is 0 Å². The number of rotatable bonds is 3. The molecule has 1 saturated carbocycles. The molecule has 1 rings (SSSR count). The molecule has 3 unspecified atom stereocenters. The van der Waals surface area contributed by atoms with Gasteiger partial charge in [0.15, 0.2) is 0 Å². The summed E-state index contributed by atoms with van der Waals surface area (Å²) in [5.41, 5.74) is 0. The average molecular weight is 224 g/mol. The van der Waals surface area contributed by atoms with Gasteiger partial charge in [-0.25, -0.2) is 0 Å². The first kappa shape index (κ1) is 12.8. The van der Waals surface area contributed by atoms with Crippen LogP contribution in [0.15, 0.2) is 0 Å². The average Bonchev–Trinajstić information content (AvgIpc) is 2.17. The molecule has 0 aliphatic heterocycles. The van der Waals surface area contributed by atoms with E-state index in [-0.39, 0.29) is 18.4 Å². The lowest BCUT2D eigenvalue weighted by atomic mass is 9.79. The normalized spacial score (nSPS) is 30.2. The van der Waals surface area contributed by atoms with E-state index in [0.29, 0.717) is 12.8 Å². The summed E-state index contributed by atoms with van der Waals surface area (Å²) in [7, 11) is 1.61. The van der Waals surface area contributed by atoms with Crippen molar-refractivity contribution in [2.75, 3.05) is 7.11 Å². The summed E-state index contributed by atoms with van der Waals surface area (Å²) in [5, 5.41) is 0. The van der Waals surface area contributed by atoms with Gasteiger partial charge in [0.1, 0.15) is 0 Å². The first-order valence-electron chi connectivity index (χ1n) is 5.53. The van der Waals surface area contributed by atoms with E-state index >= 15 is 0 Å². The molecule has 1 aliphatic carbocycles. The molecule has 1 aliphatic rings. The molecule has 0 aromatic carbocycles. The van der Waals surface area contributed by atoms with E-state index in [1.807, 2.05) is 6.92 Å². The Morgan fingerprint density at radius 3 is 2.53 bits per heavy atom. The van der Waals surface area contributed by atoms with Crippen molar-refractivity contribution >= 4 is 0 Å². The van der Waals surface area contributed by atoms with Crippen molar-refractivity contribution in [3.63, 3.8) is 0 Å². The molecule has 0 bridgehead atoms. The molecule has 0 N–H and O–H groups in total. The zero-order valence-electron chi connectivity index (χ0n) is 9.31. The van der Waals surface area contributed by atoms with Crippen molar-refractivity contribution < 1.29 is 17.9 Å². The summed E-state index contributed by atoms with van der Waals surface area (Å²) in [6.07, 6.45) is -0.968. The van der Waals surface area contributed by atoms with Crippen LogP contribution in [0.25, 0.3) is 0 Å². The Hall–Kier alpha value is -0.250. The summed E-state index contributed by atoms with van der Waals surface area (Å²) >= 11 is 0. The highest BCUT2D eigenvalue weighted by atomic mass is 19.4. The second-order valence-corrected chi connectivity index (χ2v) is 4.55. The predicted octanol–water partition coefficient (Wildman–Crippen LogP) is 3.78. The van der Waals surface area contributed by atoms with E-state index in [1.54, 1.807) is 7.11 Å². The number of halogens is 3. The van der Waals surface area contributed by atoms with Gasteiger partial charge in [0.25, 0.3) is 0 Å². The summed E-state index contributed by atoms with van der Waals surface area (Å²) < 4.78 is 42.6. The second kappa shape index (κ2) is 5.19. The highest BCUT2D eigenvalue weighted by Gasteiger charge is 2.42. The van der Waals surface area contributed by atoms with Crippen molar-refractivity contribution in [1.82, 2.24) is 0 Å². The fraction of sp³-hybridized carbons (Fsp3) is 1.00. The van der Waals surface area contributed by atoms with Crippen molar-refractivity contribution in [3.8, 4) is 0 Å². The van der Waals surface area contributed by atoms with Crippen LogP contribution < -0.4 is 0 Å². The number of hydrogen-bond donors (Lipinski definition) is 0. The van der Waals surface area contributed by atoms with Crippen LogP contribution in [-0.4, -0.2) is 19.4 Å². The lowest BCUT2D eigenvalue weighted by molar-refractivity contribution is -0.186. The molecule has 0 heterocycles. The van der Waals surface area contributed by atoms with Gasteiger partial charge in [-0.3, -0.25) is 0 Å². The molecule has 15 heavy (non-hydrogen) atoms. The lowest BCUT2D eigenvalue weighted by Gasteiger charge is -2.31. The third-order valence-corrected chi connectivity index (χ3v) is 3.31. The topological polar surface area (TPSA) is 9.23 Å². The maximum Gasteiger partial charge on any atom is 0.391 e. The number of hydrogen-bond acceptors (Lipinski definition) is 1. The van der Waals surface area contributed by atoms with E-state index in [2.05, 4.69) is 0 Å². The van der Waals surface area contributed by atoms with E-state index in [1.165, 1.54) is 0 Å². The first-order valence-corrected chi connectivity index (χ1v) is 5.53. The number of ether oxygens (including phenoxy) is 1. The van der Waals surface area contributed by atoms with Gasteiger partial charge in [-0.1, -0.05) is 12.8 Å². The van der Waals surface area contributed by atoms with Crippen LogP contribution in [0.5, 0.6) is 0 Å². The zero-order valence-corrected chi connectivity index (χ0v) is 9.31. The van der Waals surface area contributed by atoms with Gasteiger partial charge in [0.05, 0.1) is 12.0 Å². The maximum atomic E-state index is 12.5. The van der Waals surface area contributed by atoms with Gasteiger partial charge < -0.3 is 4.74 Å². The van der Waals surface area contributed by atoms with Crippen LogP contribution in [0, 0.1) is 11.8 Å². The quantitative estimate of drug-likeness (QED) is 0.708. The molecule has 1 fully saturated rings. The summed E-state index contributed by atoms with van der Waals surface area (Å²) in [5.74, 6) is -0.902. The van der Waals surface area contributed by atoms with E-state index in [9.17, 15) is 13.2 Å². The lowest BCUT2D eigenvalue weighted by Crippen LogP contribution is -2.30. The number of alkyl halides is 3. The van der Waals surface area contributed by atoms with E-state index < -0.39 is 12.1 Å². The van der Waals surface area contributed by atoms with Crippen molar-refractivity contribution in [2.24, 2.45) is 11.8 Å². The monoisotopic (exact) mass is 224 g/mol. The molecule has 0 aromatic heterocycles. The van der Waals surface area contributed by atoms with Gasteiger partial charge in [0, 0.05) is 7.11 Å². The highest BCUT2D eigenvalue weighted by molar-refractivity contribution is 4.78. The fourth-order valence-electron chi connectivity index (χ4n) is 2.37. The first-order chi connectivity index (χ1) is 6.93. The molecule has 4 heteroatoms. The molecule has 0 amide bonds. The second-order valence-electron chi connectivity index (χ2n) is 4.55. The Balaban J connectivity index is 2.42. The molecular weight excluding hydrogens is 205 g/mol. The summed E-state index contributed by atoms with van der Waals surface area (Å²) in [6.45, 7) is 1.91. The molecular formula is C11H19F3O. The molecule has 0 spiro atoms. The predicted molar refractivity (Wildman–Crippen MR) is 52.6 cm³/mol. The SMILES string of the molecule is COC(C)CC1CCCC(C(F)(F)F)C1. The van der Waals surface area contributed by atoms with E-state index in [4.69, 9.17) is 4.74 Å². The standard InChI is InChI=1S/C11H19F3O/c1-8(15-2)6-9-4-3-5-10(7-9)11(12,13)14/h8-10H,3-7H2,1-2H3. The molecule has 0 saturated heterocycles. The Morgan fingerprint density at radius 1 is 1.33 bits per heavy atom. The fourth-order valence-corrected chi connectivity index (χ4v) is 2.37. The summed E-state index contributed by atoms with van der Waals surface area (Å²) in [4.78, 5) is 0. The van der Waals surface area contributed by atoms with Crippen molar-refractivity contribution in [1.29, 1.82) is 0 Å². The van der Waals surface area contributed by atoms with Crippen LogP contribution >= 0.6 is 0 Å². The molecule has 3 atom stereocenters. The van der Waals surface area contributed by atoms with Gasteiger partial charge in [-0.15, -0.1) is 0 Å². The van der Waals surface area contributed by atoms with Crippen molar-refractivity contribution in [3.05, 3.63) is 0 Å². The molecule has 1 nitrogen and oxygen atoms in total. The largest absolute Gasteiger partial charge is 0.391 e. The smallest absolute Gasteiger partial charge is 0.382 e. The van der Waals surface area contributed by atoms with Crippen LogP contribution in [0.4, 0.5) is 13.2 Å². The third kappa shape index (κ3) is 4.01. The van der Waals surface area contributed by atoms with Crippen LogP contribution in [0.2, 0.25) is 0 Å². The van der Waals surface area contributed by atoms with Gasteiger partial charge >= 0.3 is 6.18 Å². The van der Waals surface area contributed by atoms with Gasteiger partial charge in [-0.2, -0.15) is 13.2 Å². The molecule has 90 valence electrons. The Labute approximate surface area is 89.0 Å². The Kier molecular flexibility index (Phi) is 4.44. The highest BCUT2D eigenvalue weighted by Crippen LogP contribution is 2.41. The summed E-state index contributed by atoms with van der Waals surface area (Å²) in [6, 6.07) is 0. The zero-order chi connectivity index (χ0) is 11.5. The number of methoxy groups -OCH3 is 1. The van der Waals surface area contributed by atoms with Crippen molar-refractivity contribution in [2.45, 2.75) is 51.3 Å². The van der Waals surface area contributed by atoms with Crippen LogP contribution in [0.1, 0.15) is 39.0 Å². The maximum absolute atomic E-state index is 12.5. The van der Waals surface area contributed by atoms with Gasteiger partial charge in [-0.05, 0) is 32.1 Å². The Morgan fingerprint density at radius 2 is 2.00 bits per heavy atom. The van der Waals surface area contributed by atoms with E-state index in [0.717, 1.165) is 12.8 Å². The Bertz CT molecular complexity index is 191. The van der Waals surface area contributed by atoms with Crippen LogP contribution in [-0.2, 0) is 4.74 Å². The van der Waals surface area contributed by atoms with Gasteiger partial charge in [0.2, 0.25) is 0 Å². The minimum atomic E-state index is -4.00. The minimum absolute atomic E-state index is 0.0713. The third-order valence-electron chi connectivity index (χ3n) is 3.31. The minimum Gasteiger partial charge on any atom is -0.382 e.